The summed E-state index contributed by atoms with van der Waals surface area (Å²) < 4.78 is 0. The van der Waals surface area contributed by atoms with Gasteiger partial charge < -0.3 is 11.1 Å². The van der Waals surface area contributed by atoms with Crippen LogP contribution in [0.25, 0.3) is 0 Å². The van der Waals surface area contributed by atoms with Gasteiger partial charge in [0.2, 0.25) is 5.91 Å². The second kappa shape index (κ2) is 4.45. The third-order valence-electron chi connectivity index (χ3n) is 2.46. The van der Waals surface area contributed by atoms with Gasteiger partial charge in [-0.25, -0.2) is 0 Å². The van der Waals surface area contributed by atoms with Crippen molar-refractivity contribution < 1.29 is 4.79 Å². The Labute approximate surface area is 90.1 Å². The minimum atomic E-state index is -0.514. The van der Waals surface area contributed by atoms with Crippen molar-refractivity contribution in [2.24, 2.45) is 17.1 Å². The fraction of sp³-hybridized carbons (Fsp3) is 0.636. The molecule has 1 rings (SSSR count). The smallest absolute Gasteiger partial charge is 0.227 e. The van der Waals surface area contributed by atoms with Crippen molar-refractivity contribution in [1.29, 1.82) is 5.26 Å². The number of amides is 1. The molecule has 0 radical (unpaired) electrons. The van der Waals surface area contributed by atoms with E-state index in [9.17, 15) is 4.79 Å². The van der Waals surface area contributed by atoms with Crippen molar-refractivity contribution in [2.45, 2.75) is 26.3 Å². The maximum atomic E-state index is 11.6. The first-order valence-electron chi connectivity index (χ1n) is 5.07. The van der Waals surface area contributed by atoms with Crippen LogP contribution in [0.4, 0.5) is 0 Å². The van der Waals surface area contributed by atoms with Gasteiger partial charge in [-0.1, -0.05) is 12.2 Å². The molecule has 0 bridgehead atoms. The normalized spacial score (nSPS) is 24.9. The fourth-order valence-electron chi connectivity index (χ4n) is 1.40. The highest BCUT2D eigenvalue weighted by atomic mass is 16.1. The van der Waals surface area contributed by atoms with E-state index in [0.29, 0.717) is 13.0 Å². The number of hydrogen-bond donors (Lipinski definition) is 2. The van der Waals surface area contributed by atoms with E-state index in [0.717, 1.165) is 0 Å². The van der Waals surface area contributed by atoms with Crippen LogP contribution in [0.1, 0.15) is 20.3 Å². The summed E-state index contributed by atoms with van der Waals surface area (Å²) >= 11 is 0. The SMILES string of the molecule is CC(C)(C#N)CNC(=O)C1C=CC(N)C1. The highest BCUT2D eigenvalue weighted by Gasteiger charge is 2.24. The summed E-state index contributed by atoms with van der Waals surface area (Å²) in [4.78, 5) is 11.6. The molecule has 2 atom stereocenters. The zero-order valence-corrected chi connectivity index (χ0v) is 9.16. The van der Waals surface area contributed by atoms with E-state index in [1.807, 2.05) is 12.2 Å². The maximum Gasteiger partial charge on any atom is 0.227 e. The van der Waals surface area contributed by atoms with Crippen LogP contribution in [-0.2, 0) is 4.79 Å². The lowest BCUT2D eigenvalue weighted by Gasteiger charge is -2.17. The molecule has 15 heavy (non-hydrogen) atoms. The Hall–Kier alpha value is -1.34. The van der Waals surface area contributed by atoms with Crippen LogP contribution in [0.2, 0.25) is 0 Å². The molecule has 0 spiro atoms. The van der Waals surface area contributed by atoms with Crippen LogP contribution < -0.4 is 11.1 Å². The van der Waals surface area contributed by atoms with Gasteiger partial charge in [-0.3, -0.25) is 4.79 Å². The van der Waals surface area contributed by atoms with Crippen molar-refractivity contribution in [2.75, 3.05) is 6.54 Å². The average molecular weight is 207 g/mol. The Morgan fingerprint density at radius 2 is 2.33 bits per heavy atom. The Kier molecular flexibility index (Phi) is 3.48. The highest BCUT2D eigenvalue weighted by molar-refractivity contribution is 5.81. The Morgan fingerprint density at radius 3 is 2.80 bits per heavy atom. The van der Waals surface area contributed by atoms with Crippen LogP contribution in [0.5, 0.6) is 0 Å². The topological polar surface area (TPSA) is 78.9 Å². The zero-order valence-electron chi connectivity index (χ0n) is 9.16. The quantitative estimate of drug-likeness (QED) is 0.663. The molecule has 0 saturated carbocycles. The lowest BCUT2D eigenvalue weighted by Crippen LogP contribution is -2.36. The summed E-state index contributed by atoms with van der Waals surface area (Å²) in [6.07, 6.45) is 4.35. The predicted octanol–water partition coefficient (Wildman–Crippen LogP) is 0.556. The number of carbonyl (C=O) groups excluding carboxylic acids is 1. The van der Waals surface area contributed by atoms with Crippen molar-refractivity contribution in [3.8, 4) is 6.07 Å². The number of nitriles is 1. The highest BCUT2D eigenvalue weighted by Crippen LogP contribution is 2.17. The van der Waals surface area contributed by atoms with E-state index in [1.165, 1.54) is 0 Å². The van der Waals surface area contributed by atoms with Crippen molar-refractivity contribution in [1.82, 2.24) is 5.32 Å². The van der Waals surface area contributed by atoms with E-state index >= 15 is 0 Å². The number of nitrogens with two attached hydrogens (primary N) is 1. The van der Waals surface area contributed by atoms with Gasteiger partial charge in [-0.2, -0.15) is 5.26 Å². The van der Waals surface area contributed by atoms with E-state index < -0.39 is 5.41 Å². The Balaban J connectivity index is 2.38. The summed E-state index contributed by atoms with van der Waals surface area (Å²) in [6.45, 7) is 3.97. The molecule has 4 heteroatoms. The van der Waals surface area contributed by atoms with Gasteiger partial charge in [0.25, 0.3) is 0 Å². The van der Waals surface area contributed by atoms with Gasteiger partial charge in [-0.05, 0) is 20.3 Å². The summed E-state index contributed by atoms with van der Waals surface area (Å²) in [5, 5.41) is 11.5. The molecule has 0 fully saturated rings. The maximum absolute atomic E-state index is 11.6. The number of nitrogens with one attached hydrogen (secondary N) is 1. The molecule has 3 N–H and O–H groups in total. The minimum Gasteiger partial charge on any atom is -0.354 e. The van der Waals surface area contributed by atoms with Gasteiger partial charge >= 0.3 is 0 Å². The van der Waals surface area contributed by atoms with Crippen LogP contribution in [0.3, 0.4) is 0 Å². The van der Waals surface area contributed by atoms with Crippen molar-refractivity contribution in [3.63, 3.8) is 0 Å². The predicted molar refractivity (Wildman–Crippen MR) is 57.6 cm³/mol. The molecule has 1 aliphatic rings. The molecule has 2 unspecified atom stereocenters. The van der Waals surface area contributed by atoms with Gasteiger partial charge in [0, 0.05) is 12.6 Å². The number of nitrogens with zero attached hydrogens (tertiary/aromatic N) is 1. The summed E-state index contributed by atoms with van der Waals surface area (Å²) in [5.41, 5.74) is 5.14. The first kappa shape index (κ1) is 11.7. The van der Waals surface area contributed by atoms with E-state index in [4.69, 9.17) is 11.0 Å². The molecule has 0 heterocycles. The first-order chi connectivity index (χ1) is 6.94. The second-order valence-electron chi connectivity index (χ2n) is 4.60. The van der Waals surface area contributed by atoms with Crippen LogP contribution >= 0.6 is 0 Å². The Morgan fingerprint density at radius 1 is 1.67 bits per heavy atom. The number of hydrogen-bond acceptors (Lipinski definition) is 3. The average Bonchev–Trinajstić information content (AvgIpc) is 2.61. The van der Waals surface area contributed by atoms with Crippen LogP contribution in [0, 0.1) is 22.7 Å². The monoisotopic (exact) mass is 207 g/mol. The van der Waals surface area contributed by atoms with Gasteiger partial charge in [0.1, 0.15) is 0 Å². The molecule has 4 nitrogen and oxygen atoms in total. The van der Waals surface area contributed by atoms with Gasteiger partial charge in [0.15, 0.2) is 0 Å². The molecule has 0 aromatic rings. The molecule has 1 amide bonds. The third-order valence-corrected chi connectivity index (χ3v) is 2.46. The van der Waals surface area contributed by atoms with Crippen LogP contribution in [-0.4, -0.2) is 18.5 Å². The molecule has 1 aliphatic carbocycles. The van der Waals surface area contributed by atoms with Crippen LogP contribution in [0.15, 0.2) is 12.2 Å². The Bertz CT molecular complexity index is 314. The zero-order chi connectivity index (χ0) is 11.5. The van der Waals surface area contributed by atoms with E-state index in [-0.39, 0.29) is 17.9 Å². The molecule has 0 saturated heterocycles. The lowest BCUT2D eigenvalue weighted by molar-refractivity contribution is -0.123. The summed E-state index contributed by atoms with van der Waals surface area (Å²) in [6, 6.07) is 2.13. The van der Waals surface area contributed by atoms with Gasteiger partial charge in [-0.15, -0.1) is 0 Å². The summed E-state index contributed by atoms with van der Waals surface area (Å²) in [7, 11) is 0. The van der Waals surface area contributed by atoms with Crippen molar-refractivity contribution >= 4 is 5.91 Å². The van der Waals surface area contributed by atoms with E-state index in [1.54, 1.807) is 13.8 Å². The lowest BCUT2D eigenvalue weighted by atomic mass is 9.95. The molecule has 0 aliphatic heterocycles. The number of carbonyl (C=O) groups is 1. The standard InChI is InChI=1S/C11H17N3O/c1-11(2,6-12)7-14-10(15)8-3-4-9(13)5-8/h3-4,8-9H,5,7,13H2,1-2H3,(H,14,15). The number of rotatable bonds is 3. The molecule has 0 aromatic carbocycles. The fourth-order valence-corrected chi connectivity index (χ4v) is 1.40. The molecular formula is C11H17N3O. The molecular weight excluding hydrogens is 190 g/mol. The third kappa shape index (κ3) is 3.37. The minimum absolute atomic E-state index is 0.00951. The molecule has 0 aromatic heterocycles. The summed E-state index contributed by atoms with van der Waals surface area (Å²) in [5.74, 6) is -0.169. The van der Waals surface area contributed by atoms with E-state index in [2.05, 4.69) is 11.4 Å². The first-order valence-corrected chi connectivity index (χ1v) is 5.07. The molecule has 82 valence electrons. The van der Waals surface area contributed by atoms with Gasteiger partial charge in [0.05, 0.1) is 17.4 Å². The largest absolute Gasteiger partial charge is 0.354 e. The van der Waals surface area contributed by atoms with Crippen molar-refractivity contribution in [3.05, 3.63) is 12.2 Å². The second-order valence-corrected chi connectivity index (χ2v) is 4.60.